The first-order valence-corrected chi connectivity index (χ1v) is 9.45. The number of amides is 2. The van der Waals surface area contributed by atoms with Gasteiger partial charge in [0.1, 0.15) is 10.7 Å². The van der Waals surface area contributed by atoms with Crippen molar-refractivity contribution >= 4 is 52.2 Å². The minimum absolute atomic E-state index is 0.0139. The summed E-state index contributed by atoms with van der Waals surface area (Å²) < 4.78 is 13.7. The summed E-state index contributed by atoms with van der Waals surface area (Å²) in [5.41, 5.74) is 1.81. The summed E-state index contributed by atoms with van der Waals surface area (Å²) in [6.45, 7) is -0.0139. The molecular weight excluding hydrogens is 428 g/mol. The zero-order chi connectivity index (χ0) is 20.3. The van der Waals surface area contributed by atoms with E-state index in [1.807, 2.05) is 0 Å². The predicted octanol–water partition coefficient (Wildman–Crippen LogP) is 4.48. The van der Waals surface area contributed by atoms with Crippen LogP contribution in [0.25, 0.3) is 0 Å². The third-order valence-electron chi connectivity index (χ3n) is 3.68. The number of halogens is 3. The number of aromatic nitrogens is 1. The van der Waals surface area contributed by atoms with Crippen LogP contribution >= 0.6 is 34.5 Å². The Balaban J connectivity index is 1.72. The van der Waals surface area contributed by atoms with E-state index in [1.165, 1.54) is 23.7 Å². The molecule has 0 saturated carbocycles. The number of thiazole rings is 1. The fourth-order valence-corrected chi connectivity index (χ4v) is 3.42. The number of carbonyl (C=O) groups excluding carboxylic acids is 2. The molecule has 6 nitrogen and oxygen atoms in total. The minimum atomic E-state index is -0.613. The molecule has 10 heteroatoms. The third-order valence-corrected chi connectivity index (χ3v) is 5.08. The fourth-order valence-electron chi connectivity index (χ4n) is 2.27. The summed E-state index contributed by atoms with van der Waals surface area (Å²) in [6, 6.07) is 8.55. The van der Waals surface area contributed by atoms with Crippen molar-refractivity contribution in [3.63, 3.8) is 0 Å². The smallest absolute Gasteiger partial charge is 0.265 e. The number of carbonyl (C=O) groups is 2. The molecular formula is C18H12Cl2FN3O3S. The van der Waals surface area contributed by atoms with Crippen LogP contribution in [0.1, 0.15) is 25.6 Å². The van der Waals surface area contributed by atoms with Crippen LogP contribution < -0.4 is 10.6 Å². The van der Waals surface area contributed by atoms with E-state index < -0.39 is 17.6 Å². The first kappa shape index (κ1) is 20.1. The van der Waals surface area contributed by atoms with Crippen LogP contribution in [0, 0.1) is 5.82 Å². The molecule has 0 unspecified atom stereocenters. The third kappa shape index (κ3) is 4.41. The van der Waals surface area contributed by atoms with Gasteiger partial charge in [-0.2, -0.15) is 0 Å². The van der Waals surface area contributed by atoms with Gasteiger partial charge in [0.15, 0.2) is 11.6 Å². The molecule has 0 aliphatic carbocycles. The van der Waals surface area contributed by atoms with E-state index in [0.29, 0.717) is 5.56 Å². The topological polar surface area (TPSA) is 91.3 Å². The molecule has 3 N–H and O–H groups in total. The van der Waals surface area contributed by atoms with Crippen molar-refractivity contribution in [2.45, 2.75) is 6.54 Å². The zero-order valence-electron chi connectivity index (χ0n) is 14.0. The van der Waals surface area contributed by atoms with Gasteiger partial charge in [-0.25, -0.2) is 9.37 Å². The Labute approximate surface area is 172 Å². The Bertz CT molecular complexity index is 1040. The van der Waals surface area contributed by atoms with E-state index in [1.54, 1.807) is 18.2 Å². The van der Waals surface area contributed by atoms with Gasteiger partial charge >= 0.3 is 0 Å². The molecule has 0 spiro atoms. The molecule has 0 radical (unpaired) electrons. The number of rotatable bonds is 5. The van der Waals surface area contributed by atoms with E-state index in [-0.39, 0.29) is 38.6 Å². The molecule has 3 aromatic rings. The molecule has 2 aromatic carbocycles. The Morgan fingerprint density at radius 2 is 1.82 bits per heavy atom. The molecule has 1 heterocycles. The lowest BCUT2D eigenvalue weighted by Gasteiger charge is -2.08. The Hall–Kier alpha value is -2.68. The van der Waals surface area contributed by atoms with Crippen molar-refractivity contribution in [1.29, 1.82) is 0 Å². The maximum Gasteiger partial charge on any atom is 0.265 e. The highest BCUT2D eigenvalue weighted by Gasteiger charge is 2.19. The van der Waals surface area contributed by atoms with Gasteiger partial charge in [-0.1, -0.05) is 41.4 Å². The van der Waals surface area contributed by atoms with Crippen molar-refractivity contribution in [2.75, 3.05) is 5.32 Å². The second kappa shape index (κ2) is 8.55. The van der Waals surface area contributed by atoms with E-state index in [0.717, 1.165) is 11.3 Å². The summed E-state index contributed by atoms with van der Waals surface area (Å²) >= 11 is 12.7. The lowest BCUT2D eigenvalue weighted by Crippen LogP contribution is -2.24. The SMILES string of the molecule is O=C(Nc1ncsc1C(=O)NCc1ccccc1F)c1cc(Cl)c(O)c(Cl)c1. The molecule has 2 amide bonds. The number of aromatic hydroxyl groups is 1. The highest BCUT2D eigenvalue weighted by molar-refractivity contribution is 7.12. The lowest BCUT2D eigenvalue weighted by molar-refractivity contribution is 0.0955. The number of nitrogens with zero attached hydrogens (tertiary/aromatic N) is 1. The summed E-state index contributed by atoms with van der Waals surface area (Å²) in [5, 5.41) is 14.5. The Morgan fingerprint density at radius 3 is 2.50 bits per heavy atom. The monoisotopic (exact) mass is 439 g/mol. The van der Waals surface area contributed by atoms with Gasteiger partial charge in [-0.15, -0.1) is 11.3 Å². The Morgan fingerprint density at radius 1 is 1.14 bits per heavy atom. The molecule has 0 bridgehead atoms. The predicted molar refractivity (Wildman–Crippen MR) is 106 cm³/mol. The van der Waals surface area contributed by atoms with Crippen molar-refractivity contribution in [1.82, 2.24) is 10.3 Å². The molecule has 28 heavy (non-hydrogen) atoms. The van der Waals surface area contributed by atoms with E-state index in [9.17, 15) is 19.1 Å². The molecule has 0 aliphatic rings. The molecule has 3 rings (SSSR count). The molecule has 0 saturated heterocycles. The Kier molecular flexibility index (Phi) is 6.13. The van der Waals surface area contributed by atoms with E-state index >= 15 is 0 Å². The van der Waals surface area contributed by atoms with Crippen LogP contribution in [0.2, 0.25) is 10.0 Å². The summed E-state index contributed by atoms with van der Waals surface area (Å²) in [5.74, 6) is -1.84. The first-order chi connectivity index (χ1) is 13.4. The first-order valence-electron chi connectivity index (χ1n) is 7.81. The summed E-state index contributed by atoms with van der Waals surface area (Å²) in [6.07, 6.45) is 0. The van der Waals surface area contributed by atoms with E-state index in [2.05, 4.69) is 15.6 Å². The standard InChI is InChI=1S/C18H12Cl2FN3O3S/c19-11-5-10(6-12(20)14(11)25)17(26)24-16-15(28-8-23-16)18(27)22-7-9-3-1-2-4-13(9)21/h1-6,8,25H,7H2,(H,22,27)(H,24,26). The highest BCUT2D eigenvalue weighted by Crippen LogP contribution is 2.33. The maximum absolute atomic E-state index is 13.7. The van der Waals surface area contributed by atoms with Crippen LogP contribution in [-0.4, -0.2) is 21.9 Å². The van der Waals surface area contributed by atoms with Crippen LogP contribution in [0.4, 0.5) is 10.2 Å². The van der Waals surface area contributed by atoms with Gasteiger partial charge in [0, 0.05) is 17.7 Å². The number of phenolic OH excluding ortho intramolecular Hbond substituents is 1. The normalized spacial score (nSPS) is 10.5. The number of hydrogen-bond donors (Lipinski definition) is 3. The largest absolute Gasteiger partial charge is 0.505 e. The van der Waals surface area contributed by atoms with Gasteiger partial charge in [-0.3, -0.25) is 9.59 Å². The van der Waals surface area contributed by atoms with Crippen LogP contribution in [0.3, 0.4) is 0 Å². The van der Waals surface area contributed by atoms with E-state index in [4.69, 9.17) is 23.2 Å². The summed E-state index contributed by atoms with van der Waals surface area (Å²) in [7, 11) is 0. The number of benzene rings is 2. The number of hydrogen-bond acceptors (Lipinski definition) is 5. The second-order valence-electron chi connectivity index (χ2n) is 5.55. The minimum Gasteiger partial charge on any atom is -0.505 e. The lowest BCUT2D eigenvalue weighted by atomic mass is 10.2. The van der Waals surface area contributed by atoms with Crippen LogP contribution in [0.5, 0.6) is 5.75 Å². The zero-order valence-corrected chi connectivity index (χ0v) is 16.3. The van der Waals surface area contributed by atoms with Crippen molar-refractivity contribution in [3.05, 3.63) is 73.8 Å². The molecule has 1 aromatic heterocycles. The average molecular weight is 440 g/mol. The van der Waals surface area contributed by atoms with Gasteiger partial charge in [0.2, 0.25) is 0 Å². The fraction of sp³-hybridized carbons (Fsp3) is 0.0556. The van der Waals surface area contributed by atoms with Gasteiger partial charge < -0.3 is 15.7 Å². The maximum atomic E-state index is 13.7. The summed E-state index contributed by atoms with van der Waals surface area (Å²) in [4.78, 5) is 28.9. The van der Waals surface area contributed by atoms with Crippen molar-refractivity contribution < 1.29 is 19.1 Å². The quantitative estimate of drug-likeness (QED) is 0.546. The average Bonchev–Trinajstić information content (AvgIpc) is 3.13. The van der Waals surface area contributed by atoms with Crippen molar-refractivity contribution in [2.24, 2.45) is 0 Å². The van der Waals surface area contributed by atoms with Crippen molar-refractivity contribution in [3.8, 4) is 5.75 Å². The van der Waals surface area contributed by atoms with Gasteiger partial charge in [0.25, 0.3) is 11.8 Å². The second-order valence-corrected chi connectivity index (χ2v) is 7.22. The molecule has 0 atom stereocenters. The van der Waals surface area contributed by atoms with Gasteiger partial charge in [0.05, 0.1) is 15.6 Å². The van der Waals surface area contributed by atoms with Crippen LogP contribution in [-0.2, 0) is 6.54 Å². The number of nitrogens with one attached hydrogen (secondary N) is 2. The molecule has 144 valence electrons. The highest BCUT2D eigenvalue weighted by atomic mass is 35.5. The molecule has 0 aliphatic heterocycles. The van der Waals surface area contributed by atoms with Gasteiger partial charge in [-0.05, 0) is 18.2 Å². The van der Waals surface area contributed by atoms with Crippen LogP contribution in [0.15, 0.2) is 41.9 Å². The molecule has 0 fully saturated rings. The number of phenols is 1. The number of anilines is 1.